The molecule has 0 spiro atoms. The van der Waals surface area contributed by atoms with Crippen molar-refractivity contribution in [3.63, 3.8) is 0 Å². The first-order valence-corrected chi connectivity index (χ1v) is 5.02. The molecule has 3 N–H and O–H groups in total. The highest BCUT2D eigenvalue weighted by Gasteiger charge is 2.06. The van der Waals surface area contributed by atoms with Gasteiger partial charge in [-0.05, 0) is 40.9 Å². The Morgan fingerprint density at radius 3 is 2.92 bits per heavy atom. The topological polar surface area (TPSA) is 59.1 Å². The van der Waals surface area contributed by atoms with Gasteiger partial charge in [-0.1, -0.05) is 6.07 Å². The van der Waals surface area contributed by atoms with Crippen LogP contribution in [0.3, 0.4) is 0 Å². The minimum Gasteiger partial charge on any atom is -0.396 e. The van der Waals surface area contributed by atoms with Gasteiger partial charge >= 0.3 is 0 Å². The van der Waals surface area contributed by atoms with Crippen LogP contribution in [0.25, 0.3) is 0 Å². The molecule has 1 aromatic heterocycles. The molecule has 0 saturated heterocycles. The molecule has 0 bridgehead atoms. The third-order valence-electron chi connectivity index (χ3n) is 1.79. The van der Waals surface area contributed by atoms with Gasteiger partial charge in [-0.3, -0.25) is 0 Å². The molecule has 0 saturated carbocycles. The molecule has 1 aromatic rings. The van der Waals surface area contributed by atoms with Crippen molar-refractivity contribution < 1.29 is 5.11 Å². The fourth-order valence-corrected chi connectivity index (χ4v) is 1.45. The van der Waals surface area contributed by atoms with E-state index >= 15 is 0 Å². The summed E-state index contributed by atoms with van der Waals surface area (Å²) in [6.45, 7) is 0.182. The second-order valence-corrected chi connectivity index (χ2v) is 3.67. The SMILES string of the molecule is N[C@H](CCCO)c1cccc(Br)n1. The normalized spacial score (nSPS) is 12.8. The van der Waals surface area contributed by atoms with E-state index in [0.29, 0.717) is 0 Å². The van der Waals surface area contributed by atoms with Crippen LogP contribution in [-0.4, -0.2) is 16.7 Å². The van der Waals surface area contributed by atoms with E-state index in [1.165, 1.54) is 0 Å². The fraction of sp³-hybridized carbons (Fsp3) is 0.444. The molecular formula is C9H13BrN2O. The number of aliphatic hydroxyl groups excluding tert-OH is 1. The Balaban J connectivity index is 2.60. The first kappa shape index (κ1) is 10.6. The molecule has 13 heavy (non-hydrogen) atoms. The van der Waals surface area contributed by atoms with Crippen LogP contribution in [0, 0.1) is 0 Å². The van der Waals surface area contributed by atoms with Crippen LogP contribution >= 0.6 is 15.9 Å². The Hall–Kier alpha value is -0.450. The van der Waals surface area contributed by atoms with Crippen molar-refractivity contribution >= 4 is 15.9 Å². The van der Waals surface area contributed by atoms with Crippen molar-refractivity contribution in [3.05, 3.63) is 28.5 Å². The third kappa shape index (κ3) is 3.42. The molecule has 0 aliphatic carbocycles. The van der Waals surface area contributed by atoms with E-state index in [2.05, 4.69) is 20.9 Å². The Bertz CT molecular complexity index is 268. The fourth-order valence-electron chi connectivity index (χ4n) is 1.09. The van der Waals surface area contributed by atoms with E-state index in [1.54, 1.807) is 0 Å². The van der Waals surface area contributed by atoms with Gasteiger partial charge in [-0.25, -0.2) is 4.98 Å². The maximum absolute atomic E-state index is 8.63. The molecule has 4 heteroatoms. The summed E-state index contributed by atoms with van der Waals surface area (Å²) >= 11 is 3.28. The minimum atomic E-state index is -0.0790. The smallest absolute Gasteiger partial charge is 0.106 e. The van der Waals surface area contributed by atoms with Crippen molar-refractivity contribution in [3.8, 4) is 0 Å². The van der Waals surface area contributed by atoms with Gasteiger partial charge in [0.05, 0.1) is 5.69 Å². The lowest BCUT2D eigenvalue weighted by molar-refractivity contribution is 0.279. The molecule has 1 heterocycles. The number of rotatable bonds is 4. The van der Waals surface area contributed by atoms with Crippen LogP contribution in [0.4, 0.5) is 0 Å². The summed E-state index contributed by atoms with van der Waals surface area (Å²) in [6, 6.07) is 5.59. The highest BCUT2D eigenvalue weighted by Crippen LogP contribution is 2.15. The maximum Gasteiger partial charge on any atom is 0.106 e. The summed E-state index contributed by atoms with van der Waals surface area (Å²) in [7, 11) is 0. The van der Waals surface area contributed by atoms with E-state index in [9.17, 15) is 0 Å². The number of nitrogens with two attached hydrogens (primary N) is 1. The van der Waals surface area contributed by atoms with Gasteiger partial charge in [0, 0.05) is 12.6 Å². The summed E-state index contributed by atoms with van der Waals surface area (Å²) < 4.78 is 0.796. The number of hydrogen-bond acceptors (Lipinski definition) is 3. The summed E-state index contributed by atoms with van der Waals surface area (Å²) in [4.78, 5) is 4.24. The molecule has 0 amide bonds. The molecule has 3 nitrogen and oxygen atoms in total. The van der Waals surface area contributed by atoms with Crippen molar-refractivity contribution in [2.24, 2.45) is 5.73 Å². The zero-order valence-electron chi connectivity index (χ0n) is 7.28. The minimum absolute atomic E-state index is 0.0790. The van der Waals surface area contributed by atoms with Gasteiger partial charge in [0.1, 0.15) is 4.60 Å². The van der Waals surface area contributed by atoms with Crippen molar-refractivity contribution in [2.45, 2.75) is 18.9 Å². The lowest BCUT2D eigenvalue weighted by Crippen LogP contribution is -2.12. The summed E-state index contributed by atoms with van der Waals surface area (Å²) in [5.74, 6) is 0. The first-order chi connectivity index (χ1) is 6.24. The summed E-state index contributed by atoms with van der Waals surface area (Å²) in [5, 5.41) is 8.63. The van der Waals surface area contributed by atoms with Crippen molar-refractivity contribution in [1.82, 2.24) is 4.98 Å². The molecule has 72 valence electrons. The molecule has 0 radical (unpaired) electrons. The predicted octanol–water partition coefficient (Wildman–Crippen LogP) is 1.62. The Morgan fingerprint density at radius 2 is 2.31 bits per heavy atom. The van der Waals surface area contributed by atoms with Crippen LogP contribution in [-0.2, 0) is 0 Å². The van der Waals surface area contributed by atoms with Gasteiger partial charge < -0.3 is 10.8 Å². The average Bonchev–Trinajstić information content (AvgIpc) is 2.14. The van der Waals surface area contributed by atoms with Crippen LogP contribution < -0.4 is 5.73 Å². The number of halogens is 1. The molecule has 0 aromatic carbocycles. The molecule has 0 fully saturated rings. The molecule has 0 unspecified atom stereocenters. The molecule has 0 aliphatic heterocycles. The number of pyridine rings is 1. The highest BCUT2D eigenvalue weighted by molar-refractivity contribution is 9.10. The Labute approximate surface area is 86.1 Å². The van der Waals surface area contributed by atoms with E-state index in [0.717, 1.165) is 23.1 Å². The van der Waals surface area contributed by atoms with Crippen LogP contribution in [0.2, 0.25) is 0 Å². The number of nitrogens with zero attached hydrogens (tertiary/aromatic N) is 1. The zero-order chi connectivity index (χ0) is 9.68. The van der Waals surface area contributed by atoms with E-state index in [4.69, 9.17) is 10.8 Å². The number of hydrogen-bond donors (Lipinski definition) is 2. The van der Waals surface area contributed by atoms with E-state index in [1.807, 2.05) is 18.2 Å². The largest absolute Gasteiger partial charge is 0.396 e. The quantitative estimate of drug-likeness (QED) is 0.792. The van der Waals surface area contributed by atoms with Gasteiger partial charge in [0.15, 0.2) is 0 Å². The zero-order valence-corrected chi connectivity index (χ0v) is 8.87. The maximum atomic E-state index is 8.63. The summed E-state index contributed by atoms with van der Waals surface area (Å²) in [6.07, 6.45) is 1.48. The second kappa shape index (κ2) is 5.32. The van der Waals surface area contributed by atoms with Crippen LogP contribution in [0.15, 0.2) is 22.8 Å². The predicted molar refractivity (Wildman–Crippen MR) is 55.2 cm³/mol. The van der Waals surface area contributed by atoms with Crippen molar-refractivity contribution in [2.75, 3.05) is 6.61 Å². The third-order valence-corrected chi connectivity index (χ3v) is 2.23. The highest BCUT2D eigenvalue weighted by atomic mass is 79.9. The lowest BCUT2D eigenvalue weighted by atomic mass is 10.1. The Kier molecular flexibility index (Phi) is 4.35. The van der Waals surface area contributed by atoms with Crippen molar-refractivity contribution in [1.29, 1.82) is 0 Å². The molecular weight excluding hydrogens is 232 g/mol. The number of aliphatic hydroxyl groups is 1. The van der Waals surface area contributed by atoms with E-state index < -0.39 is 0 Å². The first-order valence-electron chi connectivity index (χ1n) is 4.23. The summed E-state index contributed by atoms with van der Waals surface area (Å²) in [5.41, 5.74) is 6.72. The van der Waals surface area contributed by atoms with Gasteiger partial charge in [0.25, 0.3) is 0 Å². The average molecular weight is 245 g/mol. The standard InChI is InChI=1S/C9H13BrN2O/c10-9-5-1-4-8(12-9)7(11)3-2-6-13/h1,4-5,7,13H,2-3,6,11H2/t7-/m1/s1. The van der Waals surface area contributed by atoms with Gasteiger partial charge in [-0.15, -0.1) is 0 Å². The van der Waals surface area contributed by atoms with E-state index in [-0.39, 0.29) is 12.6 Å². The van der Waals surface area contributed by atoms with Gasteiger partial charge in [0.2, 0.25) is 0 Å². The lowest BCUT2D eigenvalue weighted by Gasteiger charge is -2.09. The molecule has 1 rings (SSSR count). The Morgan fingerprint density at radius 1 is 1.54 bits per heavy atom. The van der Waals surface area contributed by atoms with Gasteiger partial charge in [-0.2, -0.15) is 0 Å². The second-order valence-electron chi connectivity index (χ2n) is 2.86. The monoisotopic (exact) mass is 244 g/mol. The molecule has 0 aliphatic rings. The van der Waals surface area contributed by atoms with Crippen LogP contribution in [0.1, 0.15) is 24.6 Å². The molecule has 1 atom stereocenters. The van der Waals surface area contributed by atoms with Crippen LogP contribution in [0.5, 0.6) is 0 Å². The number of aromatic nitrogens is 1.